The number of carbonyl (C=O) groups excluding carboxylic acids is 2. The van der Waals surface area contributed by atoms with Gasteiger partial charge in [0, 0.05) is 37.4 Å². The maximum Gasteiger partial charge on any atom is 0.255 e. The fourth-order valence-electron chi connectivity index (χ4n) is 3.79. The number of carbonyl (C=O) groups is 2. The molecule has 2 aliphatic heterocycles. The highest BCUT2D eigenvalue weighted by Gasteiger charge is 2.46. The van der Waals surface area contributed by atoms with E-state index in [1.807, 2.05) is 45.8 Å². The van der Waals surface area contributed by atoms with Crippen molar-refractivity contribution in [2.24, 2.45) is 0 Å². The maximum atomic E-state index is 13.1. The van der Waals surface area contributed by atoms with Crippen LogP contribution >= 0.6 is 11.8 Å². The molecular weight excluding hydrogens is 348 g/mol. The molecule has 0 aromatic heterocycles. The quantitative estimate of drug-likeness (QED) is 0.790. The molecule has 1 spiro atoms. The van der Waals surface area contributed by atoms with E-state index < -0.39 is 0 Å². The Balaban J connectivity index is 1.66. The summed E-state index contributed by atoms with van der Waals surface area (Å²) in [5.41, 5.74) is 0.703. The SMILES string of the molecule is CCCCC(=O)N1CCC2(CC1)SCCN2C(=O)c1ccc(OC)cc1. The third-order valence-electron chi connectivity index (χ3n) is 5.40. The third kappa shape index (κ3) is 3.85. The molecule has 0 bridgehead atoms. The van der Waals surface area contributed by atoms with Gasteiger partial charge >= 0.3 is 0 Å². The Labute approximate surface area is 160 Å². The summed E-state index contributed by atoms with van der Waals surface area (Å²) in [6, 6.07) is 7.33. The molecule has 5 nitrogen and oxygen atoms in total. The number of hydrogen-bond donors (Lipinski definition) is 0. The molecule has 3 rings (SSSR count). The first-order valence-corrected chi connectivity index (χ1v) is 10.5. The van der Waals surface area contributed by atoms with Crippen LogP contribution in [0.3, 0.4) is 0 Å². The monoisotopic (exact) mass is 376 g/mol. The molecule has 2 heterocycles. The van der Waals surface area contributed by atoms with E-state index in [4.69, 9.17) is 4.74 Å². The number of thioether (sulfide) groups is 1. The molecule has 0 atom stereocenters. The van der Waals surface area contributed by atoms with E-state index in [0.29, 0.717) is 12.0 Å². The zero-order valence-corrected chi connectivity index (χ0v) is 16.5. The van der Waals surface area contributed by atoms with Crippen molar-refractivity contribution in [3.63, 3.8) is 0 Å². The van der Waals surface area contributed by atoms with Gasteiger partial charge in [0.2, 0.25) is 5.91 Å². The lowest BCUT2D eigenvalue weighted by Crippen LogP contribution is -2.53. The predicted octanol–water partition coefficient (Wildman–Crippen LogP) is 3.39. The predicted molar refractivity (Wildman–Crippen MR) is 105 cm³/mol. The fourth-order valence-corrected chi connectivity index (χ4v) is 5.25. The lowest BCUT2D eigenvalue weighted by atomic mass is 10.0. The number of amides is 2. The molecule has 1 aromatic rings. The molecular formula is C20H28N2O3S. The number of nitrogens with zero attached hydrogens (tertiary/aromatic N) is 2. The molecule has 0 aliphatic carbocycles. The summed E-state index contributed by atoms with van der Waals surface area (Å²) >= 11 is 1.88. The number of likely N-dealkylation sites (tertiary alicyclic amines) is 1. The minimum atomic E-state index is -0.154. The number of piperidine rings is 1. The van der Waals surface area contributed by atoms with E-state index in [9.17, 15) is 9.59 Å². The van der Waals surface area contributed by atoms with Crippen molar-refractivity contribution in [3.8, 4) is 5.75 Å². The fraction of sp³-hybridized carbons (Fsp3) is 0.600. The van der Waals surface area contributed by atoms with Gasteiger partial charge in [-0.25, -0.2) is 0 Å². The van der Waals surface area contributed by atoms with Crippen molar-refractivity contribution in [2.45, 2.75) is 43.9 Å². The van der Waals surface area contributed by atoms with Crippen LogP contribution in [0.1, 0.15) is 49.4 Å². The Kier molecular flexibility index (Phi) is 6.12. The molecule has 1 aromatic carbocycles. The van der Waals surface area contributed by atoms with Gasteiger partial charge in [-0.05, 0) is 43.5 Å². The van der Waals surface area contributed by atoms with Gasteiger partial charge in [0.05, 0.1) is 12.0 Å². The number of ether oxygens (including phenoxy) is 1. The molecule has 2 aliphatic rings. The van der Waals surface area contributed by atoms with Crippen LogP contribution in [0.4, 0.5) is 0 Å². The number of unbranched alkanes of at least 4 members (excludes halogenated alkanes) is 1. The number of methoxy groups -OCH3 is 1. The van der Waals surface area contributed by atoms with Gasteiger partial charge in [0.1, 0.15) is 5.75 Å². The molecule has 2 saturated heterocycles. The van der Waals surface area contributed by atoms with Gasteiger partial charge in [0.25, 0.3) is 5.91 Å². The van der Waals surface area contributed by atoms with E-state index in [-0.39, 0.29) is 16.7 Å². The molecule has 0 saturated carbocycles. The smallest absolute Gasteiger partial charge is 0.255 e. The van der Waals surface area contributed by atoms with Gasteiger partial charge in [0.15, 0.2) is 0 Å². The summed E-state index contributed by atoms with van der Waals surface area (Å²) in [4.78, 5) is 29.2. The lowest BCUT2D eigenvalue weighted by Gasteiger charge is -2.44. The van der Waals surface area contributed by atoms with Crippen LogP contribution in [-0.2, 0) is 4.79 Å². The van der Waals surface area contributed by atoms with E-state index in [1.165, 1.54) is 0 Å². The Morgan fingerprint density at radius 2 is 1.85 bits per heavy atom. The topological polar surface area (TPSA) is 49.9 Å². The maximum absolute atomic E-state index is 13.1. The van der Waals surface area contributed by atoms with E-state index >= 15 is 0 Å². The number of rotatable bonds is 5. The van der Waals surface area contributed by atoms with E-state index in [1.54, 1.807) is 7.11 Å². The van der Waals surface area contributed by atoms with Crippen LogP contribution < -0.4 is 4.74 Å². The second-order valence-electron chi connectivity index (χ2n) is 6.96. The summed E-state index contributed by atoms with van der Waals surface area (Å²) in [5.74, 6) is 2.07. The first-order chi connectivity index (χ1) is 12.6. The van der Waals surface area contributed by atoms with Crippen LogP contribution in [-0.4, -0.2) is 59.0 Å². The molecule has 142 valence electrons. The van der Waals surface area contributed by atoms with Crippen LogP contribution in [0.2, 0.25) is 0 Å². The van der Waals surface area contributed by atoms with Gasteiger partial charge in [-0.1, -0.05) is 13.3 Å². The first-order valence-electron chi connectivity index (χ1n) is 9.47. The summed E-state index contributed by atoms with van der Waals surface area (Å²) in [6.45, 7) is 4.39. The minimum Gasteiger partial charge on any atom is -0.497 e. The van der Waals surface area contributed by atoms with Crippen molar-refractivity contribution in [3.05, 3.63) is 29.8 Å². The molecule has 0 unspecified atom stereocenters. The van der Waals surface area contributed by atoms with Crippen molar-refractivity contribution in [1.29, 1.82) is 0 Å². The largest absolute Gasteiger partial charge is 0.497 e. The van der Waals surface area contributed by atoms with Gasteiger partial charge in [-0.3, -0.25) is 9.59 Å². The Hall–Kier alpha value is -1.69. The molecule has 2 amide bonds. The zero-order valence-electron chi connectivity index (χ0n) is 15.7. The average molecular weight is 377 g/mol. The van der Waals surface area contributed by atoms with Gasteiger partial charge in [-0.15, -0.1) is 11.8 Å². The Bertz CT molecular complexity index is 639. The highest BCUT2D eigenvalue weighted by molar-refractivity contribution is 8.00. The molecule has 6 heteroatoms. The van der Waals surface area contributed by atoms with Gasteiger partial charge < -0.3 is 14.5 Å². The third-order valence-corrected chi connectivity index (χ3v) is 6.95. The normalized spacial score (nSPS) is 19.0. The average Bonchev–Trinajstić information content (AvgIpc) is 3.09. The summed E-state index contributed by atoms with van der Waals surface area (Å²) in [7, 11) is 1.62. The highest BCUT2D eigenvalue weighted by atomic mass is 32.2. The second-order valence-corrected chi connectivity index (χ2v) is 8.42. The number of hydrogen-bond acceptors (Lipinski definition) is 4. The minimum absolute atomic E-state index is 0.0865. The Morgan fingerprint density at radius 3 is 2.46 bits per heavy atom. The standard InChI is InChI=1S/C20H28N2O3S/c1-3-4-5-18(23)21-12-10-20(11-13-21)22(14-15-26-20)19(24)16-6-8-17(25-2)9-7-16/h6-9H,3-5,10-15H2,1-2H3. The Morgan fingerprint density at radius 1 is 1.15 bits per heavy atom. The van der Waals surface area contributed by atoms with Crippen LogP contribution in [0.15, 0.2) is 24.3 Å². The first kappa shape index (κ1) is 19.1. The van der Waals surface area contributed by atoms with E-state index in [0.717, 1.165) is 56.8 Å². The zero-order chi connectivity index (χ0) is 18.6. The second kappa shape index (κ2) is 8.33. The number of benzene rings is 1. The van der Waals surface area contributed by atoms with Crippen LogP contribution in [0.25, 0.3) is 0 Å². The molecule has 26 heavy (non-hydrogen) atoms. The lowest BCUT2D eigenvalue weighted by molar-refractivity contribution is -0.132. The van der Waals surface area contributed by atoms with Crippen molar-refractivity contribution < 1.29 is 14.3 Å². The molecule has 0 N–H and O–H groups in total. The highest BCUT2D eigenvalue weighted by Crippen LogP contribution is 2.44. The molecule has 2 fully saturated rings. The van der Waals surface area contributed by atoms with Crippen molar-refractivity contribution in [1.82, 2.24) is 9.80 Å². The van der Waals surface area contributed by atoms with Crippen molar-refractivity contribution in [2.75, 3.05) is 32.5 Å². The van der Waals surface area contributed by atoms with Gasteiger partial charge in [-0.2, -0.15) is 0 Å². The van der Waals surface area contributed by atoms with Crippen LogP contribution in [0, 0.1) is 0 Å². The summed E-state index contributed by atoms with van der Waals surface area (Å²) in [5, 5.41) is 0. The van der Waals surface area contributed by atoms with Crippen molar-refractivity contribution >= 4 is 23.6 Å². The van der Waals surface area contributed by atoms with E-state index in [2.05, 4.69) is 6.92 Å². The molecule has 0 radical (unpaired) electrons. The van der Waals surface area contributed by atoms with Crippen LogP contribution in [0.5, 0.6) is 5.75 Å². The summed E-state index contributed by atoms with van der Waals surface area (Å²) in [6.07, 6.45) is 4.36. The summed E-state index contributed by atoms with van der Waals surface area (Å²) < 4.78 is 5.18.